The van der Waals surface area contributed by atoms with Crippen molar-refractivity contribution >= 4 is 17.7 Å². The zero-order valence-corrected chi connectivity index (χ0v) is 11.5. The average molecular weight is 264 g/mol. The van der Waals surface area contributed by atoms with Gasteiger partial charge in [0.2, 0.25) is 0 Å². The second kappa shape index (κ2) is 6.22. The summed E-state index contributed by atoms with van der Waals surface area (Å²) in [6.45, 7) is 5.43. The summed E-state index contributed by atoms with van der Waals surface area (Å²) >= 11 is 0. The van der Waals surface area contributed by atoms with E-state index in [-0.39, 0.29) is 0 Å². The van der Waals surface area contributed by atoms with Crippen LogP contribution >= 0.6 is 0 Å². The minimum absolute atomic E-state index is 0.333. The SMILES string of the molecule is CCC(CC)(NC(=O)Nc1ccc(C)cc1)C(=O)O. The third-order valence-corrected chi connectivity index (χ3v) is 3.28. The van der Waals surface area contributed by atoms with Gasteiger partial charge in [-0.25, -0.2) is 9.59 Å². The highest BCUT2D eigenvalue weighted by Gasteiger charge is 2.36. The molecule has 5 heteroatoms. The first-order chi connectivity index (χ1) is 8.93. The van der Waals surface area contributed by atoms with Gasteiger partial charge in [-0.05, 0) is 31.9 Å². The molecule has 0 heterocycles. The molecule has 5 nitrogen and oxygen atoms in total. The second-order valence-electron chi connectivity index (χ2n) is 4.54. The van der Waals surface area contributed by atoms with Crippen LogP contribution in [0.25, 0.3) is 0 Å². The van der Waals surface area contributed by atoms with Gasteiger partial charge in [0.1, 0.15) is 5.54 Å². The van der Waals surface area contributed by atoms with E-state index in [1.807, 2.05) is 19.1 Å². The van der Waals surface area contributed by atoms with E-state index >= 15 is 0 Å². The minimum atomic E-state index is -1.21. The highest BCUT2D eigenvalue weighted by molar-refractivity contribution is 5.93. The second-order valence-corrected chi connectivity index (χ2v) is 4.54. The van der Waals surface area contributed by atoms with Crippen molar-refractivity contribution in [1.82, 2.24) is 5.32 Å². The van der Waals surface area contributed by atoms with E-state index in [1.54, 1.807) is 26.0 Å². The first-order valence-corrected chi connectivity index (χ1v) is 6.32. The third kappa shape index (κ3) is 3.71. The molecule has 0 bridgehead atoms. The molecule has 0 saturated carbocycles. The maximum absolute atomic E-state index is 11.8. The van der Waals surface area contributed by atoms with Gasteiger partial charge in [-0.15, -0.1) is 0 Å². The number of hydrogen-bond donors (Lipinski definition) is 3. The highest BCUT2D eigenvalue weighted by atomic mass is 16.4. The molecule has 0 spiro atoms. The molecule has 0 radical (unpaired) electrons. The number of benzene rings is 1. The molecule has 0 unspecified atom stereocenters. The predicted octanol–water partition coefficient (Wildman–Crippen LogP) is 2.76. The first-order valence-electron chi connectivity index (χ1n) is 6.32. The lowest BCUT2D eigenvalue weighted by atomic mass is 9.93. The van der Waals surface area contributed by atoms with Gasteiger partial charge in [0, 0.05) is 5.69 Å². The Balaban J connectivity index is 2.73. The number of anilines is 1. The number of hydrogen-bond acceptors (Lipinski definition) is 2. The van der Waals surface area contributed by atoms with Gasteiger partial charge in [0.15, 0.2) is 0 Å². The molecule has 0 aromatic heterocycles. The Kier molecular flexibility index (Phi) is 4.92. The van der Waals surface area contributed by atoms with Crippen LogP contribution in [0.2, 0.25) is 0 Å². The molecule has 0 saturated heterocycles. The monoisotopic (exact) mass is 264 g/mol. The molecular weight excluding hydrogens is 244 g/mol. The number of carbonyl (C=O) groups is 2. The summed E-state index contributed by atoms with van der Waals surface area (Å²) < 4.78 is 0. The summed E-state index contributed by atoms with van der Waals surface area (Å²) in [5, 5.41) is 14.4. The number of rotatable bonds is 5. The van der Waals surface area contributed by atoms with Crippen molar-refractivity contribution in [2.45, 2.75) is 39.2 Å². The number of carbonyl (C=O) groups excluding carboxylic acids is 1. The summed E-state index contributed by atoms with van der Waals surface area (Å²) in [5.41, 5.74) is 0.511. The Morgan fingerprint density at radius 3 is 2.11 bits per heavy atom. The van der Waals surface area contributed by atoms with Crippen LogP contribution in [0.5, 0.6) is 0 Å². The van der Waals surface area contributed by atoms with Crippen LogP contribution in [-0.4, -0.2) is 22.6 Å². The molecule has 1 rings (SSSR count). The Hall–Kier alpha value is -2.04. The van der Waals surface area contributed by atoms with Gasteiger partial charge in [0.25, 0.3) is 0 Å². The Bertz CT molecular complexity index is 450. The van der Waals surface area contributed by atoms with Crippen LogP contribution < -0.4 is 10.6 Å². The first kappa shape index (κ1) is 15.0. The zero-order valence-electron chi connectivity index (χ0n) is 11.5. The Labute approximate surface area is 113 Å². The fourth-order valence-electron chi connectivity index (χ4n) is 1.80. The van der Waals surface area contributed by atoms with Crippen LogP contribution in [0.1, 0.15) is 32.3 Å². The smallest absolute Gasteiger partial charge is 0.329 e. The van der Waals surface area contributed by atoms with Crippen LogP contribution in [0.3, 0.4) is 0 Å². The van der Waals surface area contributed by atoms with Gasteiger partial charge in [-0.1, -0.05) is 31.5 Å². The third-order valence-electron chi connectivity index (χ3n) is 3.28. The Morgan fingerprint density at radius 2 is 1.68 bits per heavy atom. The normalized spacial score (nSPS) is 10.9. The van der Waals surface area contributed by atoms with Crippen LogP contribution in [0.15, 0.2) is 24.3 Å². The predicted molar refractivity (Wildman–Crippen MR) is 74.3 cm³/mol. The van der Waals surface area contributed by atoms with E-state index in [9.17, 15) is 14.7 Å². The molecule has 0 atom stereocenters. The van der Waals surface area contributed by atoms with Crippen molar-refractivity contribution in [2.24, 2.45) is 0 Å². The summed E-state index contributed by atoms with van der Waals surface area (Å²) in [6, 6.07) is 6.79. The molecular formula is C14H20N2O3. The summed E-state index contributed by atoms with van der Waals surface area (Å²) in [4.78, 5) is 23.1. The summed E-state index contributed by atoms with van der Waals surface area (Å²) in [7, 11) is 0. The van der Waals surface area contributed by atoms with Crippen molar-refractivity contribution in [3.05, 3.63) is 29.8 Å². The largest absolute Gasteiger partial charge is 0.480 e. The number of aliphatic carboxylic acids is 1. The van der Waals surface area contributed by atoms with Crippen LogP contribution in [-0.2, 0) is 4.79 Å². The van der Waals surface area contributed by atoms with E-state index in [2.05, 4.69) is 10.6 Å². The summed E-state index contributed by atoms with van der Waals surface area (Å²) in [5.74, 6) is -1.02. The molecule has 0 aliphatic carbocycles. The van der Waals surface area contributed by atoms with Crippen molar-refractivity contribution in [2.75, 3.05) is 5.32 Å². The standard InChI is InChI=1S/C14H20N2O3/c1-4-14(5-2,12(17)18)16-13(19)15-11-8-6-10(3)7-9-11/h6-9H,4-5H2,1-3H3,(H,17,18)(H2,15,16,19). The number of aryl methyl sites for hydroxylation is 1. The topological polar surface area (TPSA) is 78.4 Å². The van der Waals surface area contributed by atoms with E-state index in [0.717, 1.165) is 5.56 Å². The zero-order chi connectivity index (χ0) is 14.5. The van der Waals surface area contributed by atoms with Crippen molar-refractivity contribution in [3.8, 4) is 0 Å². The molecule has 0 fully saturated rings. The van der Waals surface area contributed by atoms with Gasteiger partial charge in [-0.2, -0.15) is 0 Å². The molecule has 2 amide bonds. The lowest BCUT2D eigenvalue weighted by molar-refractivity contribution is -0.144. The lowest BCUT2D eigenvalue weighted by Gasteiger charge is -2.28. The van der Waals surface area contributed by atoms with E-state index < -0.39 is 17.5 Å². The average Bonchev–Trinajstić information content (AvgIpc) is 2.38. The van der Waals surface area contributed by atoms with Crippen molar-refractivity contribution in [3.63, 3.8) is 0 Å². The molecule has 104 valence electrons. The maximum atomic E-state index is 11.8. The van der Waals surface area contributed by atoms with E-state index in [0.29, 0.717) is 18.5 Å². The fraction of sp³-hybridized carbons (Fsp3) is 0.429. The number of carboxylic acids is 1. The number of carboxylic acid groups (broad SMARTS) is 1. The Morgan fingerprint density at radius 1 is 1.16 bits per heavy atom. The molecule has 0 aliphatic heterocycles. The maximum Gasteiger partial charge on any atom is 0.329 e. The number of amides is 2. The molecule has 19 heavy (non-hydrogen) atoms. The molecule has 0 aliphatic rings. The van der Waals surface area contributed by atoms with Crippen molar-refractivity contribution in [1.29, 1.82) is 0 Å². The van der Waals surface area contributed by atoms with Crippen LogP contribution in [0, 0.1) is 6.92 Å². The van der Waals surface area contributed by atoms with Crippen molar-refractivity contribution < 1.29 is 14.7 Å². The van der Waals surface area contributed by atoms with Gasteiger partial charge >= 0.3 is 12.0 Å². The number of urea groups is 1. The minimum Gasteiger partial charge on any atom is -0.480 e. The quantitative estimate of drug-likeness (QED) is 0.765. The lowest BCUT2D eigenvalue weighted by Crippen LogP contribution is -2.54. The van der Waals surface area contributed by atoms with Gasteiger partial charge in [-0.3, -0.25) is 0 Å². The van der Waals surface area contributed by atoms with Gasteiger partial charge in [0.05, 0.1) is 0 Å². The number of nitrogens with one attached hydrogen (secondary N) is 2. The fourth-order valence-corrected chi connectivity index (χ4v) is 1.80. The summed E-state index contributed by atoms with van der Waals surface area (Å²) in [6.07, 6.45) is 0.667. The highest BCUT2D eigenvalue weighted by Crippen LogP contribution is 2.16. The van der Waals surface area contributed by atoms with E-state index in [1.165, 1.54) is 0 Å². The molecule has 3 N–H and O–H groups in total. The molecule has 1 aromatic rings. The van der Waals surface area contributed by atoms with Crippen LogP contribution in [0.4, 0.5) is 10.5 Å². The molecule has 1 aromatic carbocycles. The van der Waals surface area contributed by atoms with E-state index in [4.69, 9.17) is 0 Å². The van der Waals surface area contributed by atoms with Gasteiger partial charge < -0.3 is 15.7 Å².